The maximum absolute atomic E-state index is 12.3. The van der Waals surface area contributed by atoms with Crippen molar-refractivity contribution in [3.8, 4) is 11.1 Å². The molecule has 3 nitrogen and oxygen atoms in total. The van der Waals surface area contributed by atoms with Crippen molar-refractivity contribution in [2.24, 2.45) is 0 Å². The van der Waals surface area contributed by atoms with Crippen LogP contribution in [0, 0.1) is 13.8 Å². The predicted molar refractivity (Wildman–Crippen MR) is 112 cm³/mol. The Kier molecular flexibility index (Phi) is 5.00. The van der Waals surface area contributed by atoms with Crippen LogP contribution in [-0.2, 0) is 28.8 Å². The summed E-state index contributed by atoms with van der Waals surface area (Å²) in [5, 5.41) is 1.27. The summed E-state index contributed by atoms with van der Waals surface area (Å²) in [7, 11) is 0. The highest BCUT2D eigenvalue weighted by molar-refractivity contribution is 7.19. The van der Waals surface area contributed by atoms with Crippen LogP contribution in [-0.4, -0.2) is 17.6 Å². The molecule has 1 aliphatic rings. The van der Waals surface area contributed by atoms with Gasteiger partial charge in [0.05, 0.1) is 13.0 Å². The molecule has 1 aromatic carbocycles. The summed E-state index contributed by atoms with van der Waals surface area (Å²) >= 11 is 1.84. The topological polar surface area (TPSA) is 39.2 Å². The largest absolute Gasteiger partial charge is 0.466 e. The molecule has 0 atom stereocenters. The molecule has 3 aromatic rings. The van der Waals surface area contributed by atoms with Crippen LogP contribution in [0.5, 0.6) is 0 Å². The SMILES string of the molecule is CCOC(=O)Cc1c(C)nc2sc3c(c2c1-c1ccc(C)cc1)CCCC3. The lowest BCUT2D eigenvalue weighted by Gasteiger charge is -2.17. The van der Waals surface area contributed by atoms with Crippen molar-refractivity contribution >= 4 is 27.5 Å². The number of esters is 1. The molecule has 0 radical (unpaired) electrons. The Balaban J connectivity index is 1.99. The molecule has 0 saturated heterocycles. The van der Waals surface area contributed by atoms with E-state index in [9.17, 15) is 4.79 Å². The Morgan fingerprint density at radius 2 is 1.89 bits per heavy atom. The molecular weight excluding hydrogens is 354 g/mol. The van der Waals surface area contributed by atoms with Crippen LogP contribution in [0.25, 0.3) is 21.3 Å². The Bertz CT molecular complexity index is 1000. The van der Waals surface area contributed by atoms with Gasteiger partial charge in [-0.15, -0.1) is 11.3 Å². The number of aromatic nitrogens is 1. The fraction of sp³-hybridized carbons (Fsp3) is 0.391. The van der Waals surface area contributed by atoms with Gasteiger partial charge < -0.3 is 4.74 Å². The molecule has 0 unspecified atom stereocenters. The molecule has 0 spiro atoms. The van der Waals surface area contributed by atoms with E-state index in [0.717, 1.165) is 28.9 Å². The van der Waals surface area contributed by atoms with E-state index in [1.807, 2.05) is 25.2 Å². The van der Waals surface area contributed by atoms with Gasteiger partial charge >= 0.3 is 5.97 Å². The molecule has 0 bridgehead atoms. The summed E-state index contributed by atoms with van der Waals surface area (Å²) in [5.41, 5.74) is 6.99. The third-order valence-electron chi connectivity index (χ3n) is 5.38. The first-order chi connectivity index (χ1) is 13.1. The van der Waals surface area contributed by atoms with Gasteiger partial charge in [0.15, 0.2) is 0 Å². The van der Waals surface area contributed by atoms with Gasteiger partial charge in [0.25, 0.3) is 0 Å². The minimum Gasteiger partial charge on any atom is -0.466 e. The third kappa shape index (κ3) is 3.39. The summed E-state index contributed by atoms with van der Waals surface area (Å²) in [6.45, 7) is 6.37. The molecule has 2 aromatic heterocycles. The predicted octanol–water partition coefficient (Wildman–Crippen LogP) is 5.56. The number of pyridine rings is 1. The maximum atomic E-state index is 12.3. The molecule has 0 saturated carbocycles. The van der Waals surface area contributed by atoms with E-state index in [-0.39, 0.29) is 12.4 Å². The van der Waals surface area contributed by atoms with Crippen LogP contribution < -0.4 is 0 Å². The van der Waals surface area contributed by atoms with Crippen molar-refractivity contribution in [1.82, 2.24) is 4.98 Å². The van der Waals surface area contributed by atoms with Crippen molar-refractivity contribution in [2.45, 2.75) is 52.9 Å². The number of carbonyl (C=O) groups is 1. The molecule has 0 fully saturated rings. The summed E-state index contributed by atoms with van der Waals surface area (Å²) in [5.74, 6) is -0.181. The van der Waals surface area contributed by atoms with Crippen LogP contribution in [0.1, 0.15) is 47.0 Å². The zero-order valence-corrected chi connectivity index (χ0v) is 17.0. The number of hydrogen-bond donors (Lipinski definition) is 0. The fourth-order valence-electron chi connectivity index (χ4n) is 4.05. The number of nitrogens with zero attached hydrogens (tertiary/aromatic N) is 1. The Labute approximate surface area is 164 Å². The first-order valence-corrected chi connectivity index (χ1v) is 10.6. The van der Waals surface area contributed by atoms with Crippen LogP contribution in [0.3, 0.4) is 0 Å². The van der Waals surface area contributed by atoms with Gasteiger partial charge in [0.2, 0.25) is 0 Å². The lowest BCUT2D eigenvalue weighted by molar-refractivity contribution is -0.142. The Morgan fingerprint density at radius 1 is 1.15 bits per heavy atom. The Morgan fingerprint density at radius 3 is 2.63 bits per heavy atom. The van der Waals surface area contributed by atoms with Crippen molar-refractivity contribution < 1.29 is 9.53 Å². The number of ether oxygens (including phenoxy) is 1. The first-order valence-electron chi connectivity index (χ1n) is 9.75. The molecular formula is C23H25NO2S. The van der Waals surface area contributed by atoms with E-state index in [1.165, 1.54) is 45.4 Å². The minimum absolute atomic E-state index is 0.181. The average molecular weight is 380 g/mol. The molecule has 2 heterocycles. The van der Waals surface area contributed by atoms with Gasteiger partial charge in [-0.2, -0.15) is 0 Å². The molecule has 0 aliphatic heterocycles. The molecule has 0 amide bonds. The highest BCUT2D eigenvalue weighted by atomic mass is 32.1. The quantitative estimate of drug-likeness (QED) is 0.557. The highest BCUT2D eigenvalue weighted by Crippen LogP contribution is 2.43. The van der Waals surface area contributed by atoms with Crippen LogP contribution in [0.2, 0.25) is 0 Å². The smallest absolute Gasteiger partial charge is 0.310 e. The number of rotatable bonds is 4. The number of thiophene rings is 1. The van der Waals surface area contributed by atoms with E-state index in [2.05, 4.69) is 31.2 Å². The minimum atomic E-state index is -0.181. The second-order valence-electron chi connectivity index (χ2n) is 7.29. The lowest BCUT2D eigenvalue weighted by Crippen LogP contribution is -2.11. The van der Waals surface area contributed by atoms with Gasteiger partial charge in [0, 0.05) is 16.0 Å². The number of carbonyl (C=O) groups excluding carboxylic acids is 1. The van der Waals surface area contributed by atoms with Gasteiger partial charge in [-0.25, -0.2) is 4.98 Å². The average Bonchev–Trinajstić information content (AvgIpc) is 3.01. The van der Waals surface area contributed by atoms with E-state index < -0.39 is 0 Å². The standard InChI is InChI=1S/C23H25NO2S/c1-4-26-20(25)13-18-15(3)24-23-22(17-7-5-6-8-19(17)27-23)21(18)16-11-9-14(2)10-12-16/h9-12H,4-8,13H2,1-3H3. The van der Waals surface area contributed by atoms with Crippen molar-refractivity contribution in [2.75, 3.05) is 6.61 Å². The highest BCUT2D eigenvalue weighted by Gasteiger charge is 2.24. The summed E-state index contributed by atoms with van der Waals surface area (Å²) in [6, 6.07) is 8.63. The van der Waals surface area contributed by atoms with Crippen LogP contribution >= 0.6 is 11.3 Å². The number of fused-ring (bicyclic) bond motifs is 3. The van der Waals surface area contributed by atoms with Gasteiger partial charge in [-0.1, -0.05) is 29.8 Å². The van der Waals surface area contributed by atoms with Crippen molar-refractivity contribution in [3.63, 3.8) is 0 Å². The third-order valence-corrected chi connectivity index (χ3v) is 6.56. The summed E-state index contributed by atoms with van der Waals surface area (Å²) in [6.07, 6.45) is 5.02. The second-order valence-corrected chi connectivity index (χ2v) is 8.37. The van der Waals surface area contributed by atoms with Crippen LogP contribution in [0.15, 0.2) is 24.3 Å². The normalized spacial score (nSPS) is 13.6. The summed E-state index contributed by atoms with van der Waals surface area (Å²) < 4.78 is 5.25. The van der Waals surface area contributed by atoms with Gasteiger partial charge in [-0.05, 0) is 68.7 Å². The van der Waals surface area contributed by atoms with E-state index >= 15 is 0 Å². The first kappa shape index (κ1) is 18.2. The van der Waals surface area contributed by atoms with Gasteiger partial charge in [0.1, 0.15) is 4.83 Å². The molecule has 27 heavy (non-hydrogen) atoms. The van der Waals surface area contributed by atoms with Gasteiger partial charge in [-0.3, -0.25) is 4.79 Å². The second kappa shape index (κ2) is 7.43. The maximum Gasteiger partial charge on any atom is 0.310 e. The van der Waals surface area contributed by atoms with Crippen molar-refractivity contribution in [3.05, 3.63) is 51.5 Å². The van der Waals surface area contributed by atoms with E-state index in [1.54, 1.807) is 0 Å². The van der Waals surface area contributed by atoms with Crippen molar-refractivity contribution in [1.29, 1.82) is 0 Å². The molecule has 1 aliphatic carbocycles. The zero-order chi connectivity index (χ0) is 19.0. The Hall–Kier alpha value is -2.20. The molecule has 4 heteroatoms. The fourth-order valence-corrected chi connectivity index (χ4v) is 5.37. The number of hydrogen-bond acceptors (Lipinski definition) is 4. The molecule has 140 valence electrons. The van der Waals surface area contributed by atoms with Crippen LogP contribution in [0.4, 0.5) is 0 Å². The zero-order valence-electron chi connectivity index (χ0n) is 16.2. The number of benzene rings is 1. The van der Waals surface area contributed by atoms with E-state index in [0.29, 0.717) is 6.61 Å². The number of aryl methyl sites for hydroxylation is 4. The molecule has 0 N–H and O–H groups in total. The molecule has 4 rings (SSSR count). The summed E-state index contributed by atoms with van der Waals surface area (Å²) in [4.78, 5) is 19.8. The monoisotopic (exact) mass is 379 g/mol. The van der Waals surface area contributed by atoms with E-state index in [4.69, 9.17) is 9.72 Å². The lowest BCUT2D eigenvalue weighted by atomic mass is 9.88.